The van der Waals surface area contributed by atoms with Gasteiger partial charge in [0.2, 0.25) is 0 Å². The van der Waals surface area contributed by atoms with Crippen molar-refractivity contribution in [2.24, 2.45) is 0 Å². The molecule has 1 heterocycles. The summed E-state index contributed by atoms with van der Waals surface area (Å²) in [7, 11) is 6.29. The molecule has 1 aliphatic carbocycles. The Balaban J connectivity index is 1.82. The van der Waals surface area contributed by atoms with E-state index in [1.807, 2.05) is 44.2 Å². The lowest BCUT2D eigenvalue weighted by Gasteiger charge is -2.37. The molecule has 2 aromatic carbocycles. The zero-order chi connectivity index (χ0) is 29.7. The summed E-state index contributed by atoms with van der Waals surface area (Å²) in [5, 5.41) is 3.38. The molecule has 0 radical (unpaired) electrons. The first-order valence-corrected chi connectivity index (χ1v) is 14.2. The highest BCUT2D eigenvalue weighted by Gasteiger charge is 2.42. The summed E-state index contributed by atoms with van der Waals surface area (Å²) in [6.45, 7) is 4.48. The quantitative estimate of drug-likeness (QED) is 0.258. The Kier molecular flexibility index (Phi) is 9.99. The monoisotopic (exact) mass is 629 g/mol. The second-order valence-corrected chi connectivity index (χ2v) is 10.6. The van der Waals surface area contributed by atoms with Crippen LogP contribution in [-0.4, -0.2) is 60.0 Å². The van der Waals surface area contributed by atoms with E-state index in [1.165, 1.54) is 0 Å². The van der Waals surface area contributed by atoms with Crippen LogP contribution < -0.4 is 24.3 Å². The largest absolute Gasteiger partial charge is 0.493 e. The molecule has 0 saturated heterocycles. The van der Waals surface area contributed by atoms with E-state index in [2.05, 4.69) is 21.2 Å². The summed E-state index contributed by atoms with van der Waals surface area (Å²) < 4.78 is 33.6. The minimum Gasteiger partial charge on any atom is -0.493 e. The number of ketones is 1. The third-order valence-electron chi connectivity index (χ3n) is 7.32. The number of benzene rings is 2. The number of allylic oxidation sites excluding steroid dienone is 3. The summed E-state index contributed by atoms with van der Waals surface area (Å²) in [4.78, 5) is 27.5. The van der Waals surface area contributed by atoms with E-state index in [9.17, 15) is 9.59 Å². The van der Waals surface area contributed by atoms with Gasteiger partial charge in [-0.05, 0) is 77.5 Å². The van der Waals surface area contributed by atoms with Gasteiger partial charge in [0.05, 0.1) is 44.6 Å². The first kappa shape index (κ1) is 30.5. The molecule has 0 unspecified atom stereocenters. The van der Waals surface area contributed by atoms with Crippen LogP contribution in [0.2, 0.25) is 0 Å². The number of rotatable bonds is 11. The molecule has 41 heavy (non-hydrogen) atoms. The van der Waals surface area contributed by atoms with Gasteiger partial charge in [-0.1, -0.05) is 6.07 Å². The van der Waals surface area contributed by atoms with Crippen LogP contribution in [0.15, 0.2) is 57.3 Å². The lowest BCUT2D eigenvalue weighted by molar-refractivity contribution is -0.140. The summed E-state index contributed by atoms with van der Waals surface area (Å²) in [5.41, 5.74) is 4.01. The number of hydrogen-bond acceptors (Lipinski definition) is 9. The summed E-state index contributed by atoms with van der Waals surface area (Å²) in [6, 6.07) is 9.42. The zero-order valence-electron chi connectivity index (χ0n) is 24.2. The topological polar surface area (TPSA) is 102 Å². The highest BCUT2D eigenvalue weighted by atomic mass is 79.9. The summed E-state index contributed by atoms with van der Waals surface area (Å²) >= 11 is 3.59. The predicted octanol–water partition coefficient (Wildman–Crippen LogP) is 5.42. The number of halogens is 1. The third-order valence-corrected chi connectivity index (χ3v) is 7.91. The Hall–Kier alpha value is -3.50. The van der Waals surface area contributed by atoms with Crippen LogP contribution in [0.5, 0.6) is 23.0 Å². The molecular formula is C31H36BrNO8. The van der Waals surface area contributed by atoms with Crippen molar-refractivity contribution < 1.29 is 38.0 Å². The molecule has 1 aliphatic heterocycles. The zero-order valence-corrected chi connectivity index (χ0v) is 25.8. The molecule has 0 spiro atoms. The lowest BCUT2D eigenvalue weighted by Crippen LogP contribution is -2.36. The summed E-state index contributed by atoms with van der Waals surface area (Å²) in [6.07, 6.45) is 0.846. The van der Waals surface area contributed by atoms with Crippen LogP contribution in [0.4, 0.5) is 0 Å². The molecule has 2 atom stereocenters. The smallest absolute Gasteiger partial charge is 0.336 e. The fraction of sp³-hybridized carbons (Fsp3) is 0.419. The number of carbonyl (C=O) groups excluding carboxylic acids is 2. The Morgan fingerprint density at radius 3 is 2.34 bits per heavy atom. The van der Waals surface area contributed by atoms with Gasteiger partial charge in [-0.3, -0.25) is 4.79 Å². The van der Waals surface area contributed by atoms with E-state index in [4.69, 9.17) is 28.4 Å². The number of hydrogen-bond donors (Lipinski definition) is 1. The van der Waals surface area contributed by atoms with Gasteiger partial charge in [0, 0.05) is 36.4 Å². The van der Waals surface area contributed by atoms with E-state index >= 15 is 0 Å². The molecule has 0 amide bonds. The molecule has 10 heteroatoms. The SMILES string of the molecule is CCOc1cc([C@@H]2C(C(=O)OCCOC)=C(C)NC3=C2C(=O)C[C@@H](c2ccc(OC)c(OC)c2)C3)cc(Br)c1OC. The van der Waals surface area contributed by atoms with Crippen molar-refractivity contribution in [1.82, 2.24) is 5.32 Å². The fourth-order valence-electron chi connectivity index (χ4n) is 5.50. The lowest BCUT2D eigenvalue weighted by atomic mass is 9.71. The standard InChI is InChI=1S/C31H36BrNO8/c1-7-40-26-16-20(12-21(32)30(26)39-6)28-27(31(35)41-11-10-36-3)17(2)33-22-13-19(14-23(34)29(22)28)18-8-9-24(37-4)25(15-18)38-5/h8-9,12,15-16,19,28,33H,7,10-11,13-14H2,1-6H3/t19-,28+/m0/s1. The average molecular weight is 631 g/mol. The highest BCUT2D eigenvalue weighted by Crippen LogP contribution is 2.49. The minimum absolute atomic E-state index is 0.0527. The molecule has 0 aromatic heterocycles. The van der Waals surface area contributed by atoms with Gasteiger partial charge in [-0.15, -0.1) is 0 Å². The normalized spacial score (nSPS) is 18.5. The average Bonchev–Trinajstić information content (AvgIpc) is 2.96. The fourth-order valence-corrected chi connectivity index (χ4v) is 6.12. The first-order valence-electron chi connectivity index (χ1n) is 13.4. The van der Waals surface area contributed by atoms with Gasteiger partial charge < -0.3 is 33.7 Å². The van der Waals surface area contributed by atoms with Gasteiger partial charge in [-0.25, -0.2) is 4.79 Å². The maximum atomic E-state index is 14.0. The van der Waals surface area contributed by atoms with Crippen molar-refractivity contribution >= 4 is 27.7 Å². The van der Waals surface area contributed by atoms with Crippen molar-refractivity contribution in [1.29, 1.82) is 0 Å². The number of methoxy groups -OCH3 is 4. The molecule has 2 aromatic rings. The summed E-state index contributed by atoms with van der Waals surface area (Å²) in [5.74, 6) is 0.963. The van der Waals surface area contributed by atoms with Crippen LogP contribution in [0, 0.1) is 0 Å². The first-order chi connectivity index (χ1) is 19.8. The Bertz CT molecular complexity index is 1380. The van der Waals surface area contributed by atoms with Crippen molar-refractivity contribution in [2.75, 3.05) is 48.3 Å². The van der Waals surface area contributed by atoms with Crippen molar-refractivity contribution in [3.8, 4) is 23.0 Å². The van der Waals surface area contributed by atoms with Crippen LogP contribution in [-0.2, 0) is 19.1 Å². The van der Waals surface area contributed by atoms with Crippen LogP contribution in [0.1, 0.15) is 49.7 Å². The molecule has 4 rings (SSSR count). The number of dihydropyridines is 1. The van der Waals surface area contributed by atoms with Crippen molar-refractivity contribution in [3.63, 3.8) is 0 Å². The maximum Gasteiger partial charge on any atom is 0.336 e. The Labute approximate surface area is 248 Å². The second kappa shape index (κ2) is 13.4. The number of ether oxygens (including phenoxy) is 6. The molecule has 0 saturated carbocycles. The molecular weight excluding hydrogens is 594 g/mol. The predicted molar refractivity (Wildman–Crippen MR) is 157 cm³/mol. The highest BCUT2D eigenvalue weighted by molar-refractivity contribution is 9.10. The minimum atomic E-state index is -0.665. The van der Waals surface area contributed by atoms with Gasteiger partial charge in [0.25, 0.3) is 0 Å². The van der Waals surface area contributed by atoms with Gasteiger partial charge in [0.1, 0.15) is 6.61 Å². The van der Waals surface area contributed by atoms with E-state index in [0.29, 0.717) is 62.9 Å². The van der Waals surface area contributed by atoms with E-state index in [1.54, 1.807) is 28.4 Å². The molecule has 9 nitrogen and oxygen atoms in total. The van der Waals surface area contributed by atoms with Crippen LogP contribution in [0.25, 0.3) is 0 Å². The van der Waals surface area contributed by atoms with E-state index < -0.39 is 11.9 Å². The second-order valence-electron chi connectivity index (χ2n) is 9.73. The number of esters is 1. The number of Topliss-reactive ketones (excluding diaryl/α,β-unsaturated/α-hetero) is 1. The number of nitrogens with one attached hydrogen (secondary N) is 1. The molecule has 220 valence electrons. The van der Waals surface area contributed by atoms with Gasteiger partial charge in [0.15, 0.2) is 28.8 Å². The Morgan fingerprint density at radius 2 is 1.68 bits per heavy atom. The van der Waals surface area contributed by atoms with Gasteiger partial charge >= 0.3 is 5.97 Å². The van der Waals surface area contributed by atoms with Crippen molar-refractivity contribution in [2.45, 2.75) is 38.5 Å². The molecule has 0 bridgehead atoms. The molecule has 2 aliphatic rings. The van der Waals surface area contributed by atoms with Crippen molar-refractivity contribution in [3.05, 3.63) is 68.5 Å². The Morgan fingerprint density at radius 1 is 0.951 bits per heavy atom. The third kappa shape index (κ3) is 6.23. The van der Waals surface area contributed by atoms with Gasteiger partial charge in [-0.2, -0.15) is 0 Å². The molecule has 1 N–H and O–H groups in total. The molecule has 0 fully saturated rings. The maximum absolute atomic E-state index is 14.0. The van der Waals surface area contributed by atoms with E-state index in [0.717, 1.165) is 11.3 Å². The van der Waals surface area contributed by atoms with E-state index in [-0.39, 0.29) is 31.3 Å². The van der Waals surface area contributed by atoms with Crippen LogP contribution >= 0.6 is 15.9 Å². The number of carbonyl (C=O) groups is 2. The van der Waals surface area contributed by atoms with Crippen LogP contribution in [0.3, 0.4) is 0 Å².